The van der Waals surface area contributed by atoms with Crippen LogP contribution in [0.5, 0.6) is 0 Å². The summed E-state index contributed by atoms with van der Waals surface area (Å²) in [4.78, 5) is 19.8. The molecule has 0 bridgehead atoms. The van der Waals surface area contributed by atoms with Crippen LogP contribution >= 0.6 is 15.9 Å². The Morgan fingerprint density at radius 3 is 2.55 bits per heavy atom. The van der Waals surface area contributed by atoms with E-state index in [0.29, 0.717) is 5.56 Å². The molecule has 4 nitrogen and oxygen atoms in total. The second kappa shape index (κ2) is 9.57. The first kappa shape index (κ1) is 20.1. The SMILES string of the molecule is O=C(N[C@@H]1CCCc2ccc(N=CN3CCCCCC3)cc21)c1ccc(Br)cc1. The second-order valence-corrected chi connectivity index (χ2v) is 8.92. The molecule has 0 saturated carbocycles. The number of nitrogens with zero attached hydrogens (tertiary/aromatic N) is 2. The van der Waals surface area contributed by atoms with Gasteiger partial charge in [0, 0.05) is 23.1 Å². The van der Waals surface area contributed by atoms with E-state index in [-0.39, 0.29) is 11.9 Å². The summed E-state index contributed by atoms with van der Waals surface area (Å²) >= 11 is 3.42. The minimum absolute atomic E-state index is 0.0196. The van der Waals surface area contributed by atoms with Crippen molar-refractivity contribution < 1.29 is 4.79 Å². The van der Waals surface area contributed by atoms with E-state index < -0.39 is 0 Å². The van der Waals surface area contributed by atoms with Gasteiger partial charge >= 0.3 is 0 Å². The molecular weight excluding hydrogens is 426 g/mol. The van der Waals surface area contributed by atoms with Gasteiger partial charge in [-0.05, 0) is 79.6 Å². The van der Waals surface area contributed by atoms with E-state index in [2.05, 4.69) is 44.3 Å². The molecule has 4 rings (SSSR count). The molecule has 0 aromatic heterocycles. The number of aliphatic imine (C=N–C) groups is 1. The largest absolute Gasteiger partial charge is 0.363 e. The van der Waals surface area contributed by atoms with Gasteiger partial charge in [0.15, 0.2) is 0 Å². The molecule has 1 atom stereocenters. The number of benzene rings is 2. The third-order valence-corrected chi connectivity index (χ3v) is 6.39. The predicted octanol–water partition coefficient (Wildman–Crippen LogP) is 5.79. The van der Waals surface area contributed by atoms with E-state index in [1.165, 1.54) is 36.8 Å². The smallest absolute Gasteiger partial charge is 0.251 e. The number of aryl methyl sites for hydroxylation is 1. The summed E-state index contributed by atoms with van der Waals surface area (Å²) < 4.78 is 0.976. The monoisotopic (exact) mass is 453 g/mol. The number of carbonyl (C=O) groups excluding carboxylic acids is 1. The zero-order valence-electron chi connectivity index (χ0n) is 16.7. The van der Waals surface area contributed by atoms with Crippen molar-refractivity contribution in [1.82, 2.24) is 10.2 Å². The molecule has 1 N–H and O–H groups in total. The van der Waals surface area contributed by atoms with Crippen LogP contribution in [0.3, 0.4) is 0 Å². The highest BCUT2D eigenvalue weighted by atomic mass is 79.9. The van der Waals surface area contributed by atoms with Gasteiger partial charge in [-0.1, -0.05) is 34.8 Å². The summed E-state index contributed by atoms with van der Waals surface area (Å²) in [5.41, 5.74) is 4.20. The number of hydrogen-bond acceptors (Lipinski definition) is 2. The van der Waals surface area contributed by atoms with Gasteiger partial charge in [-0.15, -0.1) is 0 Å². The van der Waals surface area contributed by atoms with Gasteiger partial charge in [0.1, 0.15) is 0 Å². The number of carbonyl (C=O) groups is 1. The molecule has 0 unspecified atom stereocenters. The van der Waals surface area contributed by atoms with Crippen LogP contribution in [-0.2, 0) is 6.42 Å². The van der Waals surface area contributed by atoms with Gasteiger partial charge < -0.3 is 10.2 Å². The highest BCUT2D eigenvalue weighted by Gasteiger charge is 2.22. The molecule has 152 valence electrons. The van der Waals surface area contributed by atoms with Crippen molar-refractivity contribution in [2.45, 2.75) is 51.0 Å². The lowest BCUT2D eigenvalue weighted by Crippen LogP contribution is -2.30. The molecular formula is C24H28BrN3O. The van der Waals surface area contributed by atoms with Crippen molar-refractivity contribution in [2.75, 3.05) is 13.1 Å². The van der Waals surface area contributed by atoms with E-state index in [0.717, 1.165) is 42.5 Å². The average molecular weight is 454 g/mol. The lowest BCUT2D eigenvalue weighted by Gasteiger charge is -2.27. The topological polar surface area (TPSA) is 44.7 Å². The Morgan fingerprint density at radius 1 is 1.03 bits per heavy atom. The minimum atomic E-state index is -0.0196. The first-order chi connectivity index (χ1) is 14.2. The number of amides is 1. The van der Waals surface area contributed by atoms with Crippen LogP contribution in [0.1, 0.15) is 66.1 Å². The molecule has 0 radical (unpaired) electrons. The van der Waals surface area contributed by atoms with Crippen LogP contribution in [0.4, 0.5) is 5.69 Å². The van der Waals surface area contributed by atoms with Crippen LogP contribution in [-0.4, -0.2) is 30.2 Å². The normalized spacial score (nSPS) is 19.6. The predicted molar refractivity (Wildman–Crippen MR) is 122 cm³/mol. The Labute approximate surface area is 181 Å². The van der Waals surface area contributed by atoms with Gasteiger partial charge in [0.25, 0.3) is 5.91 Å². The maximum atomic E-state index is 12.7. The fourth-order valence-electron chi connectivity index (χ4n) is 4.22. The summed E-state index contributed by atoms with van der Waals surface area (Å²) in [5.74, 6) is -0.0196. The molecule has 2 aliphatic rings. The fraction of sp³-hybridized carbons (Fsp3) is 0.417. The highest BCUT2D eigenvalue weighted by molar-refractivity contribution is 9.10. The maximum Gasteiger partial charge on any atom is 0.251 e. The second-order valence-electron chi connectivity index (χ2n) is 8.00. The summed E-state index contributed by atoms with van der Waals surface area (Å²) in [6.45, 7) is 2.20. The van der Waals surface area contributed by atoms with Gasteiger partial charge in [-0.2, -0.15) is 0 Å². The summed E-state index contributed by atoms with van der Waals surface area (Å²) in [6.07, 6.45) is 10.3. The molecule has 1 fully saturated rings. The minimum Gasteiger partial charge on any atom is -0.363 e. The molecule has 29 heavy (non-hydrogen) atoms. The number of fused-ring (bicyclic) bond motifs is 1. The lowest BCUT2D eigenvalue weighted by molar-refractivity contribution is 0.0932. The number of hydrogen-bond donors (Lipinski definition) is 1. The highest BCUT2D eigenvalue weighted by Crippen LogP contribution is 2.33. The molecule has 1 saturated heterocycles. The number of nitrogens with one attached hydrogen (secondary N) is 1. The number of rotatable bonds is 4. The van der Waals surface area contributed by atoms with E-state index in [1.807, 2.05) is 30.6 Å². The summed E-state index contributed by atoms with van der Waals surface area (Å²) in [5, 5.41) is 3.24. The third-order valence-electron chi connectivity index (χ3n) is 5.87. The Bertz CT molecular complexity index is 870. The van der Waals surface area contributed by atoms with Gasteiger partial charge in [0.05, 0.1) is 18.1 Å². The van der Waals surface area contributed by atoms with Crippen molar-refractivity contribution in [2.24, 2.45) is 4.99 Å². The Hall–Kier alpha value is -2.14. The maximum absolute atomic E-state index is 12.7. The zero-order valence-corrected chi connectivity index (χ0v) is 18.3. The molecule has 5 heteroatoms. The molecule has 1 aliphatic heterocycles. The molecule has 0 spiro atoms. The van der Waals surface area contributed by atoms with Gasteiger partial charge in [-0.3, -0.25) is 4.79 Å². The van der Waals surface area contributed by atoms with E-state index in [4.69, 9.17) is 4.99 Å². The summed E-state index contributed by atoms with van der Waals surface area (Å²) in [6, 6.07) is 14.0. The molecule has 2 aromatic rings. The van der Waals surface area contributed by atoms with Crippen molar-refractivity contribution in [3.8, 4) is 0 Å². The first-order valence-corrected chi connectivity index (χ1v) is 11.5. The van der Waals surface area contributed by atoms with E-state index in [9.17, 15) is 4.79 Å². The van der Waals surface area contributed by atoms with Crippen LogP contribution in [0, 0.1) is 0 Å². The van der Waals surface area contributed by atoms with Crippen LogP contribution in [0.15, 0.2) is 51.9 Å². The van der Waals surface area contributed by atoms with E-state index >= 15 is 0 Å². The molecule has 1 amide bonds. The van der Waals surface area contributed by atoms with Crippen molar-refractivity contribution >= 4 is 33.9 Å². The lowest BCUT2D eigenvalue weighted by atomic mass is 9.87. The van der Waals surface area contributed by atoms with Crippen LogP contribution in [0.2, 0.25) is 0 Å². The quantitative estimate of drug-likeness (QED) is 0.469. The Morgan fingerprint density at radius 2 is 1.79 bits per heavy atom. The standard InChI is InChI=1S/C24H28BrN3O/c25-20-11-8-19(9-12-20)24(29)27-23-7-5-6-18-10-13-21(16-22(18)23)26-17-28-14-3-1-2-4-15-28/h8-13,16-17,23H,1-7,14-15H2,(H,27,29)/t23-/m1/s1. The summed E-state index contributed by atoms with van der Waals surface area (Å²) in [7, 11) is 0. The zero-order chi connectivity index (χ0) is 20.1. The van der Waals surface area contributed by atoms with Gasteiger partial charge in [0.2, 0.25) is 0 Å². The molecule has 2 aromatic carbocycles. The van der Waals surface area contributed by atoms with Crippen LogP contribution in [0.25, 0.3) is 0 Å². The number of halogens is 1. The van der Waals surface area contributed by atoms with E-state index in [1.54, 1.807) is 0 Å². The molecule has 1 aliphatic carbocycles. The van der Waals surface area contributed by atoms with Crippen molar-refractivity contribution in [3.05, 3.63) is 63.6 Å². The first-order valence-electron chi connectivity index (χ1n) is 10.7. The van der Waals surface area contributed by atoms with Crippen molar-refractivity contribution in [1.29, 1.82) is 0 Å². The molecule has 1 heterocycles. The van der Waals surface area contributed by atoms with Crippen LogP contribution < -0.4 is 5.32 Å². The fourth-order valence-corrected chi connectivity index (χ4v) is 4.48. The average Bonchev–Trinajstić information content (AvgIpc) is 3.02. The number of likely N-dealkylation sites (tertiary alicyclic amines) is 1. The third kappa shape index (κ3) is 5.27. The Balaban J connectivity index is 1.49. The van der Waals surface area contributed by atoms with Gasteiger partial charge in [-0.25, -0.2) is 4.99 Å². The van der Waals surface area contributed by atoms with Crippen molar-refractivity contribution in [3.63, 3.8) is 0 Å². The Kier molecular flexibility index (Phi) is 6.65.